The molecule has 6 nitrogen and oxygen atoms in total. The number of amides is 1. The van der Waals surface area contributed by atoms with Gasteiger partial charge in [-0.3, -0.25) is 4.79 Å². The molecule has 6 heteroatoms. The van der Waals surface area contributed by atoms with Crippen molar-refractivity contribution in [1.82, 2.24) is 20.8 Å². The van der Waals surface area contributed by atoms with Gasteiger partial charge < -0.3 is 15.2 Å². The molecule has 2 N–H and O–H groups in total. The molecule has 2 heterocycles. The average molecular weight is 314 g/mol. The van der Waals surface area contributed by atoms with E-state index < -0.39 is 0 Å². The lowest BCUT2D eigenvalue weighted by Gasteiger charge is -2.13. The van der Waals surface area contributed by atoms with Gasteiger partial charge in [0.05, 0.1) is 12.5 Å². The molecule has 1 aromatic heterocycles. The molecule has 1 aliphatic rings. The lowest BCUT2D eigenvalue weighted by molar-refractivity contribution is -0.122. The van der Waals surface area contributed by atoms with Crippen LogP contribution in [0.15, 0.2) is 34.9 Å². The van der Waals surface area contributed by atoms with Gasteiger partial charge in [0, 0.05) is 12.5 Å². The van der Waals surface area contributed by atoms with Crippen molar-refractivity contribution in [2.75, 3.05) is 6.54 Å². The number of carbonyl (C=O) groups is 1. The molecular formula is C17H22N4O2. The van der Waals surface area contributed by atoms with Crippen molar-refractivity contribution in [3.05, 3.63) is 47.6 Å². The normalized spacial score (nSPS) is 18.7. The van der Waals surface area contributed by atoms with Gasteiger partial charge in [0.15, 0.2) is 5.82 Å². The first-order valence-electron chi connectivity index (χ1n) is 8.10. The van der Waals surface area contributed by atoms with Gasteiger partial charge in [-0.25, -0.2) is 0 Å². The van der Waals surface area contributed by atoms with E-state index in [0.717, 1.165) is 24.9 Å². The van der Waals surface area contributed by atoms with Crippen molar-refractivity contribution in [1.29, 1.82) is 0 Å². The summed E-state index contributed by atoms with van der Waals surface area (Å²) in [6, 6.07) is 10.0. The van der Waals surface area contributed by atoms with Crippen LogP contribution in [0.2, 0.25) is 0 Å². The minimum absolute atomic E-state index is 0.0197. The van der Waals surface area contributed by atoms with E-state index in [1.807, 2.05) is 37.3 Å². The summed E-state index contributed by atoms with van der Waals surface area (Å²) in [5.74, 6) is 1.10. The second kappa shape index (κ2) is 7.37. The molecule has 122 valence electrons. The van der Waals surface area contributed by atoms with Crippen LogP contribution in [-0.4, -0.2) is 28.6 Å². The van der Waals surface area contributed by atoms with E-state index in [1.54, 1.807) is 0 Å². The number of hydrogen-bond donors (Lipinski definition) is 2. The Kier molecular flexibility index (Phi) is 5.02. The summed E-state index contributed by atoms with van der Waals surface area (Å²) < 4.78 is 5.28. The monoisotopic (exact) mass is 314 g/mol. The number of nitrogens with one attached hydrogen (secondary N) is 2. The highest BCUT2D eigenvalue weighted by Gasteiger charge is 2.21. The fraction of sp³-hybridized carbons (Fsp3) is 0.471. The second-order valence-corrected chi connectivity index (χ2v) is 6.00. The molecule has 0 aliphatic carbocycles. The number of aromatic nitrogens is 2. The van der Waals surface area contributed by atoms with Crippen LogP contribution in [0.5, 0.6) is 0 Å². The smallest absolute Gasteiger partial charge is 0.231 e. The van der Waals surface area contributed by atoms with E-state index in [2.05, 4.69) is 20.8 Å². The van der Waals surface area contributed by atoms with Crippen LogP contribution in [0.1, 0.15) is 49.5 Å². The summed E-state index contributed by atoms with van der Waals surface area (Å²) in [6.45, 7) is 2.87. The minimum Gasteiger partial charge on any atom is -0.346 e. The van der Waals surface area contributed by atoms with E-state index >= 15 is 0 Å². The van der Waals surface area contributed by atoms with Crippen molar-refractivity contribution < 1.29 is 9.32 Å². The highest BCUT2D eigenvalue weighted by molar-refractivity contribution is 5.77. The Balaban J connectivity index is 1.53. The zero-order valence-corrected chi connectivity index (χ0v) is 13.3. The van der Waals surface area contributed by atoms with Crippen LogP contribution in [0.3, 0.4) is 0 Å². The molecule has 2 atom stereocenters. The third-order valence-corrected chi connectivity index (χ3v) is 4.04. The molecule has 2 aromatic rings. The first kappa shape index (κ1) is 15.7. The topological polar surface area (TPSA) is 80.0 Å². The first-order valence-corrected chi connectivity index (χ1v) is 8.10. The third-order valence-electron chi connectivity index (χ3n) is 4.04. The Morgan fingerprint density at radius 1 is 1.43 bits per heavy atom. The summed E-state index contributed by atoms with van der Waals surface area (Å²) in [7, 11) is 0. The maximum absolute atomic E-state index is 12.0. The maximum Gasteiger partial charge on any atom is 0.231 e. The number of nitrogens with zero attached hydrogens (tertiary/aromatic N) is 2. The first-order chi connectivity index (χ1) is 11.2. The zero-order valence-electron chi connectivity index (χ0n) is 13.3. The van der Waals surface area contributed by atoms with Gasteiger partial charge in [0.25, 0.3) is 0 Å². The van der Waals surface area contributed by atoms with Crippen molar-refractivity contribution in [2.45, 2.75) is 44.7 Å². The van der Waals surface area contributed by atoms with E-state index in [0.29, 0.717) is 30.6 Å². The van der Waals surface area contributed by atoms with Gasteiger partial charge in [0.1, 0.15) is 0 Å². The standard InChI is InChI=1S/C17H22N4O2/c1-12(19-15(22)11-14-8-5-9-18-14)17-20-16(23-21-17)10-13-6-3-2-4-7-13/h2-4,6-7,12,14,18H,5,8-11H2,1H3,(H,19,22). The predicted molar refractivity (Wildman–Crippen MR) is 85.7 cm³/mol. The quantitative estimate of drug-likeness (QED) is 0.852. The van der Waals surface area contributed by atoms with Crippen molar-refractivity contribution >= 4 is 5.91 Å². The van der Waals surface area contributed by atoms with Gasteiger partial charge in [-0.05, 0) is 31.9 Å². The molecule has 0 spiro atoms. The Morgan fingerprint density at radius 2 is 2.26 bits per heavy atom. The van der Waals surface area contributed by atoms with E-state index in [1.165, 1.54) is 0 Å². The minimum atomic E-state index is -0.253. The van der Waals surface area contributed by atoms with Crippen molar-refractivity contribution in [3.63, 3.8) is 0 Å². The molecule has 1 saturated heterocycles. The highest BCUT2D eigenvalue weighted by Crippen LogP contribution is 2.13. The second-order valence-electron chi connectivity index (χ2n) is 6.00. The van der Waals surface area contributed by atoms with E-state index in [-0.39, 0.29) is 11.9 Å². The van der Waals surface area contributed by atoms with Crippen molar-refractivity contribution in [2.24, 2.45) is 0 Å². The third kappa shape index (κ3) is 4.39. The van der Waals surface area contributed by atoms with Crippen LogP contribution in [0, 0.1) is 0 Å². The highest BCUT2D eigenvalue weighted by atomic mass is 16.5. The molecule has 1 amide bonds. The van der Waals surface area contributed by atoms with Gasteiger partial charge in [-0.15, -0.1) is 0 Å². The molecule has 1 aliphatic heterocycles. The Morgan fingerprint density at radius 3 is 3.00 bits per heavy atom. The van der Waals surface area contributed by atoms with Crippen LogP contribution in [-0.2, 0) is 11.2 Å². The van der Waals surface area contributed by atoms with Gasteiger partial charge in [-0.2, -0.15) is 4.98 Å². The Labute approximate surface area is 135 Å². The number of carbonyl (C=O) groups excluding carboxylic acids is 1. The lowest BCUT2D eigenvalue weighted by Crippen LogP contribution is -2.33. The van der Waals surface area contributed by atoms with Crippen LogP contribution < -0.4 is 10.6 Å². The Bertz CT molecular complexity index is 635. The van der Waals surface area contributed by atoms with Crippen molar-refractivity contribution in [3.8, 4) is 0 Å². The molecule has 3 rings (SSSR count). The number of hydrogen-bond acceptors (Lipinski definition) is 5. The van der Waals surface area contributed by atoms with Crippen LogP contribution in [0.25, 0.3) is 0 Å². The predicted octanol–water partition coefficient (Wildman–Crippen LogP) is 1.98. The average Bonchev–Trinajstić information content (AvgIpc) is 3.20. The molecule has 23 heavy (non-hydrogen) atoms. The summed E-state index contributed by atoms with van der Waals surface area (Å²) in [5, 5.41) is 10.2. The molecule has 2 unspecified atom stereocenters. The fourth-order valence-electron chi connectivity index (χ4n) is 2.81. The molecule has 1 aromatic carbocycles. The SMILES string of the molecule is CC(NC(=O)CC1CCCN1)c1noc(Cc2ccccc2)n1. The number of rotatable bonds is 6. The lowest BCUT2D eigenvalue weighted by atomic mass is 10.1. The number of benzene rings is 1. The molecule has 0 radical (unpaired) electrons. The van der Waals surface area contributed by atoms with Gasteiger partial charge in [-0.1, -0.05) is 35.5 Å². The van der Waals surface area contributed by atoms with E-state index in [4.69, 9.17) is 4.52 Å². The van der Waals surface area contributed by atoms with Crippen LogP contribution >= 0.6 is 0 Å². The van der Waals surface area contributed by atoms with Gasteiger partial charge in [0.2, 0.25) is 11.8 Å². The summed E-state index contributed by atoms with van der Waals surface area (Å²) in [6.07, 6.45) is 3.30. The Hall–Kier alpha value is -2.21. The zero-order chi connectivity index (χ0) is 16.1. The summed E-state index contributed by atoms with van der Waals surface area (Å²) in [5.41, 5.74) is 1.12. The van der Waals surface area contributed by atoms with E-state index in [9.17, 15) is 4.79 Å². The van der Waals surface area contributed by atoms with Gasteiger partial charge >= 0.3 is 0 Å². The molecule has 0 saturated carbocycles. The molecule has 1 fully saturated rings. The molecular weight excluding hydrogens is 292 g/mol. The maximum atomic E-state index is 12.0. The molecule has 0 bridgehead atoms. The summed E-state index contributed by atoms with van der Waals surface area (Å²) >= 11 is 0. The summed E-state index contributed by atoms with van der Waals surface area (Å²) in [4.78, 5) is 16.4. The largest absolute Gasteiger partial charge is 0.346 e. The fourth-order valence-corrected chi connectivity index (χ4v) is 2.81. The van der Waals surface area contributed by atoms with Crippen LogP contribution in [0.4, 0.5) is 0 Å².